The summed E-state index contributed by atoms with van der Waals surface area (Å²) in [5.41, 5.74) is 6.13. The molecule has 1 aromatic carbocycles. The van der Waals surface area contributed by atoms with Gasteiger partial charge in [0.25, 0.3) is 5.91 Å². The molecule has 0 radical (unpaired) electrons. The van der Waals surface area contributed by atoms with Gasteiger partial charge in [0, 0.05) is 11.5 Å². The summed E-state index contributed by atoms with van der Waals surface area (Å²) < 4.78 is 29.0. The van der Waals surface area contributed by atoms with E-state index in [1.165, 1.54) is 4.68 Å². The third-order valence-corrected chi connectivity index (χ3v) is 3.41. The molecule has 1 aromatic heterocycles. The number of carbonyl (C=O) groups is 1. The molecule has 0 bridgehead atoms. The first-order valence-corrected chi connectivity index (χ1v) is 6.91. The maximum Gasteiger partial charge on any atom is 0.276 e. The van der Waals surface area contributed by atoms with Gasteiger partial charge in [-0.2, -0.15) is 5.10 Å². The summed E-state index contributed by atoms with van der Waals surface area (Å²) in [6.45, 7) is 1.84. The van der Waals surface area contributed by atoms with Gasteiger partial charge in [0.05, 0.1) is 11.4 Å². The van der Waals surface area contributed by atoms with E-state index in [0.29, 0.717) is 12.1 Å². The molecule has 0 aliphatic heterocycles. The smallest absolute Gasteiger partial charge is 0.276 e. The summed E-state index contributed by atoms with van der Waals surface area (Å²) in [5, 5.41) is 6.28. The predicted molar refractivity (Wildman–Crippen MR) is 79.0 cm³/mol. The number of benzene rings is 1. The van der Waals surface area contributed by atoms with Crippen molar-refractivity contribution in [2.75, 3.05) is 11.1 Å². The van der Waals surface area contributed by atoms with E-state index in [2.05, 4.69) is 26.3 Å². The van der Waals surface area contributed by atoms with Crippen LogP contribution >= 0.6 is 15.9 Å². The van der Waals surface area contributed by atoms with Crippen molar-refractivity contribution in [1.82, 2.24) is 9.78 Å². The Hall–Kier alpha value is -1.96. The van der Waals surface area contributed by atoms with Crippen molar-refractivity contribution >= 4 is 33.2 Å². The number of amides is 1. The molecule has 5 nitrogen and oxygen atoms in total. The van der Waals surface area contributed by atoms with Crippen molar-refractivity contribution in [3.8, 4) is 0 Å². The van der Waals surface area contributed by atoms with Crippen LogP contribution in [0.4, 0.5) is 20.2 Å². The minimum atomic E-state index is -0.883. The molecule has 0 aliphatic rings. The Kier molecular flexibility index (Phi) is 4.26. The summed E-state index contributed by atoms with van der Waals surface area (Å²) in [5.74, 6) is -2.49. The number of rotatable bonds is 3. The van der Waals surface area contributed by atoms with Crippen LogP contribution in [0.25, 0.3) is 0 Å². The first-order valence-electron chi connectivity index (χ1n) is 6.12. The molecule has 0 atom stereocenters. The number of aryl methyl sites for hydroxylation is 2. The number of nitrogens with zero attached hydrogens (tertiary/aromatic N) is 2. The fourth-order valence-corrected chi connectivity index (χ4v) is 2.36. The Bertz CT molecular complexity index is 691. The van der Waals surface area contributed by atoms with E-state index in [1.807, 2.05) is 6.92 Å². The molecule has 0 fully saturated rings. The first-order chi connectivity index (χ1) is 9.85. The largest absolute Gasteiger partial charge is 0.395 e. The molecule has 0 aliphatic carbocycles. The highest BCUT2D eigenvalue weighted by Gasteiger charge is 2.21. The quantitative estimate of drug-likeness (QED) is 0.885. The molecule has 0 saturated heterocycles. The predicted octanol–water partition coefficient (Wildman–Crippen LogP) is 2.86. The molecule has 21 heavy (non-hydrogen) atoms. The number of halogens is 3. The Balaban J connectivity index is 2.37. The van der Waals surface area contributed by atoms with Crippen molar-refractivity contribution in [2.24, 2.45) is 7.05 Å². The molecule has 112 valence electrons. The lowest BCUT2D eigenvalue weighted by molar-refractivity contribution is 0.101. The molecule has 8 heteroatoms. The Morgan fingerprint density at radius 3 is 2.48 bits per heavy atom. The summed E-state index contributed by atoms with van der Waals surface area (Å²) in [4.78, 5) is 12.2. The Morgan fingerprint density at radius 2 is 2.00 bits per heavy atom. The number of hydrogen-bond donors (Lipinski definition) is 2. The van der Waals surface area contributed by atoms with E-state index in [1.54, 1.807) is 7.05 Å². The number of anilines is 2. The van der Waals surface area contributed by atoms with Gasteiger partial charge >= 0.3 is 0 Å². The molecule has 1 heterocycles. The first kappa shape index (κ1) is 15.4. The second-order valence-electron chi connectivity index (χ2n) is 4.38. The van der Waals surface area contributed by atoms with Gasteiger partial charge in [-0.1, -0.05) is 22.9 Å². The highest BCUT2D eigenvalue weighted by molar-refractivity contribution is 9.10. The van der Waals surface area contributed by atoms with Gasteiger partial charge in [0.1, 0.15) is 11.4 Å². The third-order valence-electron chi connectivity index (χ3n) is 2.96. The van der Waals surface area contributed by atoms with Crippen LogP contribution in [0.3, 0.4) is 0 Å². The lowest BCUT2D eigenvalue weighted by Gasteiger charge is -2.09. The normalized spacial score (nSPS) is 10.7. The molecule has 0 unspecified atom stereocenters. The van der Waals surface area contributed by atoms with Gasteiger partial charge in [-0.15, -0.1) is 0 Å². The molecular formula is C13H13BrF2N4O. The van der Waals surface area contributed by atoms with Crippen molar-refractivity contribution < 1.29 is 13.6 Å². The van der Waals surface area contributed by atoms with Gasteiger partial charge in [-0.05, 0) is 18.6 Å². The zero-order valence-corrected chi connectivity index (χ0v) is 13.0. The maximum absolute atomic E-state index is 13.7. The summed E-state index contributed by atoms with van der Waals surface area (Å²) >= 11 is 2.97. The van der Waals surface area contributed by atoms with Crippen LogP contribution in [-0.2, 0) is 13.5 Å². The second kappa shape index (κ2) is 5.80. The Labute approximate surface area is 128 Å². The summed E-state index contributed by atoms with van der Waals surface area (Å²) in [6, 6.07) is 2.12. The van der Waals surface area contributed by atoms with Crippen LogP contribution < -0.4 is 11.1 Å². The molecule has 1 amide bonds. The number of hydrogen-bond acceptors (Lipinski definition) is 3. The van der Waals surface area contributed by atoms with Gasteiger partial charge in [-0.25, -0.2) is 8.78 Å². The Morgan fingerprint density at radius 1 is 1.43 bits per heavy atom. The summed E-state index contributed by atoms with van der Waals surface area (Å²) in [6.07, 6.45) is 0.550. The lowest BCUT2D eigenvalue weighted by atomic mass is 10.2. The summed E-state index contributed by atoms with van der Waals surface area (Å²) in [7, 11) is 1.54. The van der Waals surface area contributed by atoms with Gasteiger partial charge < -0.3 is 11.1 Å². The van der Waals surface area contributed by atoms with Crippen molar-refractivity contribution in [3.63, 3.8) is 0 Å². The van der Waals surface area contributed by atoms with Crippen LogP contribution in [0.2, 0.25) is 0 Å². The van der Waals surface area contributed by atoms with E-state index >= 15 is 0 Å². The second-order valence-corrected chi connectivity index (χ2v) is 5.30. The van der Waals surface area contributed by atoms with E-state index in [0.717, 1.165) is 12.1 Å². The topological polar surface area (TPSA) is 72.9 Å². The minimum absolute atomic E-state index is 0.0635. The average molecular weight is 359 g/mol. The van der Waals surface area contributed by atoms with Gasteiger partial charge in [0.15, 0.2) is 11.6 Å². The van der Waals surface area contributed by atoms with Crippen LogP contribution in [0.5, 0.6) is 0 Å². The fourth-order valence-electron chi connectivity index (χ4n) is 1.96. The van der Waals surface area contributed by atoms with Gasteiger partial charge in [0.2, 0.25) is 0 Å². The van der Waals surface area contributed by atoms with Crippen LogP contribution in [0, 0.1) is 11.6 Å². The van der Waals surface area contributed by atoms with E-state index in [9.17, 15) is 13.6 Å². The van der Waals surface area contributed by atoms with Crippen molar-refractivity contribution in [2.45, 2.75) is 13.3 Å². The standard InChI is InChI=1S/C13H13BrF2N4O/c1-3-9-10(17)12(20(2)19-9)13(21)18-11-7(15)4-6(14)5-8(11)16/h4-5H,3,17H2,1-2H3,(H,18,21). The molecule has 3 N–H and O–H groups in total. The fraction of sp³-hybridized carbons (Fsp3) is 0.231. The SMILES string of the molecule is CCc1nn(C)c(C(=O)Nc2c(F)cc(Br)cc2F)c1N. The third kappa shape index (κ3) is 2.90. The number of nitrogens with two attached hydrogens (primary N) is 1. The minimum Gasteiger partial charge on any atom is -0.395 e. The highest BCUT2D eigenvalue weighted by Crippen LogP contribution is 2.25. The zero-order valence-electron chi connectivity index (χ0n) is 11.4. The number of nitrogen functional groups attached to an aromatic ring is 1. The van der Waals surface area contributed by atoms with Crippen molar-refractivity contribution in [1.29, 1.82) is 0 Å². The number of aromatic nitrogens is 2. The van der Waals surface area contributed by atoms with Crippen LogP contribution in [-0.4, -0.2) is 15.7 Å². The van der Waals surface area contributed by atoms with Crippen LogP contribution in [0.1, 0.15) is 23.1 Å². The molecule has 2 aromatic rings. The van der Waals surface area contributed by atoms with Crippen molar-refractivity contribution in [3.05, 3.63) is 39.6 Å². The van der Waals surface area contributed by atoms with E-state index in [4.69, 9.17) is 5.73 Å². The molecular weight excluding hydrogens is 346 g/mol. The maximum atomic E-state index is 13.7. The molecule has 0 saturated carbocycles. The highest BCUT2D eigenvalue weighted by atomic mass is 79.9. The zero-order chi connectivity index (χ0) is 15.7. The number of nitrogens with one attached hydrogen (secondary N) is 1. The number of carbonyl (C=O) groups excluding carboxylic acids is 1. The van der Waals surface area contributed by atoms with E-state index in [-0.39, 0.29) is 15.9 Å². The lowest BCUT2D eigenvalue weighted by Crippen LogP contribution is -2.19. The molecule has 0 spiro atoms. The van der Waals surface area contributed by atoms with Crippen LogP contribution in [0.15, 0.2) is 16.6 Å². The monoisotopic (exact) mass is 358 g/mol. The van der Waals surface area contributed by atoms with Gasteiger partial charge in [-0.3, -0.25) is 9.48 Å². The van der Waals surface area contributed by atoms with E-state index < -0.39 is 23.2 Å². The average Bonchev–Trinajstić information content (AvgIpc) is 2.68. The molecule has 2 rings (SSSR count).